The van der Waals surface area contributed by atoms with Crippen molar-refractivity contribution in [3.8, 4) is 11.1 Å². The second-order valence-corrected chi connectivity index (χ2v) is 7.05. The predicted molar refractivity (Wildman–Crippen MR) is 115 cm³/mol. The van der Waals surface area contributed by atoms with Crippen LogP contribution in [0.15, 0.2) is 66.9 Å². The molecule has 3 N–H and O–H groups in total. The van der Waals surface area contributed by atoms with Gasteiger partial charge in [0.25, 0.3) is 0 Å². The van der Waals surface area contributed by atoms with E-state index in [0.29, 0.717) is 18.8 Å². The molecule has 146 valence electrons. The molecule has 2 aromatic carbocycles. The summed E-state index contributed by atoms with van der Waals surface area (Å²) in [6.45, 7) is 2.54. The number of carbonyl (C=O) groups is 1. The van der Waals surface area contributed by atoms with Crippen LogP contribution in [0.4, 0.5) is 10.5 Å². The van der Waals surface area contributed by atoms with Crippen LogP contribution in [0.3, 0.4) is 0 Å². The topological polar surface area (TPSA) is 77.2 Å². The number of nitrogens with two attached hydrogens (primary N) is 1. The van der Waals surface area contributed by atoms with Crippen molar-refractivity contribution in [1.29, 1.82) is 0 Å². The molecule has 3 aromatic rings. The van der Waals surface area contributed by atoms with Crippen molar-refractivity contribution >= 4 is 17.9 Å². The van der Waals surface area contributed by atoms with Gasteiger partial charge < -0.3 is 15.8 Å². The van der Waals surface area contributed by atoms with Crippen LogP contribution in [-0.4, -0.2) is 24.2 Å². The Balaban J connectivity index is 1.33. The molecule has 0 radical (unpaired) electrons. The lowest BCUT2D eigenvalue weighted by molar-refractivity contribution is 0.144. The van der Waals surface area contributed by atoms with Gasteiger partial charge in [0.05, 0.1) is 11.4 Å². The third-order valence-corrected chi connectivity index (χ3v) is 5.17. The molecule has 0 aliphatic heterocycles. The highest BCUT2D eigenvalue weighted by molar-refractivity contribution is 5.79. The first-order chi connectivity index (χ1) is 14.1. The van der Waals surface area contributed by atoms with Gasteiger partial charge in [-0.1, -0.05) is 60.7 Å². The Labute approximate surface area is 170 Å². The van der Waals surface area contributed by atoms with Crippen molar-refractivity contribution in [1.82, 2.24) is 10.3 Å². The standard InChI is InChI=1S/C24H23N3O2/c1-16-23(25)13-17(14-27-16)7-6-12-26-24(28)29-15-22-20-10-4-2-8-18(20)19-9-3-5-11-21(19)22/h2-11,13-14,22H,12,15,25H2,1H3,(H,26,28). The zero-order valence-electron chi connectivity index (χ0n) is 16.3. The summed E-state index contributed by atoms with van der Waals surface area (Å²) in [6, 6.07) is 18.4. The Kier molecular flexibility index (Phi) is 5.29. The largest absolute Gasteiger partial charge is 0.449 e. The molecule has 0 bridgehead atoms. The highest BCUT2D eigenvalue weighted by Gasteiger charge is 2.28. The number of hydrogen-bond acceptors (Lipinski definition) is 4. The third kappa shape index (κ3) is 3.99. The molecule has 0 saturated carbocycles. The lowest BCUT2D eigenvalue weighted by atomic mass is 9.98. The number of amides is 1. The zero-order chi connectivity index (χ0) is 20.2. The Morgan fingerprint density at radius 3 is 2.45 bits per heavy atom. The monoisotopic (exact) mass is 385 g/mol. The predicted octanol–water partition coefficient (Wildman–Crippen LogP) is 4.52. The van der Waals surface area contributed by atoms with Gasteiger partial charge in [-0.2, -0.15) is 0 Å². The van der Waals surface area contributed by atoms with Gasteiger partial charge in [-0.25, -0.2) is 4.79 Å². The van der Waals surface area contributed by atoms with Crippen molar-refractivity contribution in [2.24, 2.45) is 0 Å². The van der Waals surface area contributed by atoms with E-state index in [4.69, 9.17) is 10.5 Å². The molecule has 5 heteroatoms. The minimum absolute atomic E-state index is 0.0605. The van der Waals surface area contributed by atoms with Gasteiger partial charge in [-0.05, 0) is 40.8 Å². The van der Waals surface area contributed by atoms with Crippen LogP contribution in [-0.2, 0) is 4.74 Å². The molecule has 1 aromatic heterocycles. The summed E-state index contributed by atoms with van der Waals surface area (Å²) in [7, 11) is 0. The van der Waals surface area contributed by atoms with E-state index in [1.165, 1.54) is 22.3 Å². The highest BCUT2D eigenvalue weighted by atomic mass is 16.5. The maximum atomic E-state index is 12.1. The number of rotatable bonds is 5. The van der Waals surface area contributed by atoms with Crippen molar-refractivity contribution in [3.05, 3.63) is 89.3 Å². The van der Waals surface area contributed by atoms with Gasteiger partial charge in [-0.15, -0.1) is 0 Å². The second-order valence-electron chi connectivity index (χ2n) is 7.05. The molecule has 1 aliphatic rings. The number of nitrogens with zero attached hydrogens (tertiary/aromatic N) is 1. The van der Waals surface area contributed by atoms with Crippen molar-refractivity contribution in [3.63, 3.8) is 0 Å². The number of anilines is 1. The minimum atomic E-state index is -0.432. The average Bonchev–Trinajstić information content (AvgIpc) is 3.06. The van der Waals surface area contributed by atoms with Crippen LogP contribution in [0.5, 0.6) is 0 Å². The third-order valence-electron chi connectivity index (χ3n) is 5.17. The van der Waals surface area contributed by atoms with Crippen molar-refractivity contribution < 1.29 is 9.53 Å². The average molecular weight is 385 g/mol. The summed E-state index contributed by atoms with van der Waals surface area (Å²) in [5.74, 6) is 0.0605. The lowest BCUT2D eigenvalue weighted by Gasteiger charge is -2.14. The summed E-state index contributed by atoms with van der Waals surface area (Å²) in [5, 5.41) is 2.75. The molecule has 0 spiro atoms. The zero-order valence-corrected chi connectivity index (χ0v) is 16.3. The fourth-order valence-electron chi connectivity index (χ4n) is 3.65. The fourth-order valence-corrected chi connectivity index (χ4v) is 3.65. The number of benzene rings is 2. The molecular weight excluding hydrogens is 362 g/mol. The molecule has 0 saturated heterocycles. The molecule has 0 atom stereocenters. The van der Waals surface area contributed by atoms with Gasteiger partial charge in [-0.3, -0.25) is 4.98 Å². The SMILES string of the molecule is Cc1ncc(C=CCNC(=O)OCC2c3ccccc3-c3ccccc32)cc1N. The summed E-state index contributed by atoms with van der Waals surface area (Å²) in [4.78, 5) is 16.3. The van der Waals surface area contributed by atoms with Crippen LogP contribution in [0.25, 0.3) is 17.2 Å². The number of fused-ring (bicyclic) bond motifs is 3. The number of aryl methyl sites for hydroxylation is 1. The van der Waals surface area contributed by atoms with E-state index in [2.05, 4.69) is 34.6 Å². The number of ether oxygens (including phenoxy) is 1. The van der Waals surface area contributed by atoms with Gasteiger partial charge in [0.2, 0.25) is 0 Å². The van der Waals surface area contributed by atoms with Gasteiger partial charge in [0.1, 0.15) is 6.61 Å². The van der Waals surface area contributed by atoms with E-state index in [1.807, 2.05) is 49.4 Å². The Hall–Kier alpha value is -3.60. The number of nitrogens with one attached hydrogen (secondary N) is 1. The van der Waals surface area contributed by atoms with E-state index < -0.39 is 6.09 Å². The Morgan fingerprint density at radius 2 is 1.79 bits per heavy atom. The number of hydrogen-bond donors (Lipinski definition) is 2. The van der Waals surface area contributed by atoms with Crippen LogP contribution < -0.4 is 11.1 Å². The first-order valence-electron chi connectivity index (χ1n) is 9.61. The smallest absolute Gasteiger partial charge is 0.407 e. The van der Waals surface area contributed by atoms with Gasteiger partial charge >= 0.3 is 6.09 Å². The molecule has 5 nitrogen and oxygen atoms in total. The van der Waals surface area contributed by atoms with E-state index in [9.17, 15) is 4.79 Å². The van der Waals surface area contributed by atoms with Gasteiger partial charge in [0, 0.05) is 18.7 Å². The van der Waals surface area contributed by atoms with Crippen LogP contribution in [0.2, 0.25) is 0 Å². The number of alkyl carbamates (subject to hydrolysis) is 1. The number of aromatic nitrogens is 1. The molecule has 29 heavy (non-hydrogen) atoms. The summed E-state index contributed by atoms with van der Waals surface area (Å²) in [5.41, 5.74) is 13.0. The summed E-state index contributed by atoms with van der Waals surface area (Å²) in [6.07, 6.45) is 5.02. The van der Waals surface area contributed by atoms with E-state index in [-0.39, 0.29) is 5.92 Å². The Morgan fingerprint density at radius 1 is 1.14 bits per heavy atom. The van der Waals surface area contributed by atoms with Crippen molar-refractivity contribution in [2.75, 3.05) is 18.9 Å². The molecule has 1 heterocycles. The van der Waals surface area contributed by atoms with Gasteiger partial charge in [0.15, 0.2) is 0 Å². The molecule has 1 amide bonds. The molecular formula is C24H23N3O2. The normalized spacial score (nSPS) is 12.6. The second kappa shape index (κ2) is 8.19. The van der Waals surface area contributed by atoms with Crippen molar-refractivity contribution in [2.45, 2.75) is 12.8 Å². The number of pyridine rings is 1. The lowest BCUT2D eigenvalue weighted by Crippen LogP contribution is -2.26. The highest BCUT2D eigenvalue weighted by Crippen LogP contribution is 2.44. The first-order valence-corrected chi connectivity index (χ1v) is 9.61. The molecule has 4 rings (SSSR count). The maximum Gasteiger partial charge on any atom is 0.407 e. The quantitative estimate of drug-likeness (QED) is 0.677. The Bertz CT molecular complexity index is 1030. The number of carbonyl (C=O) groups excluding carboxylic acids is 1. The molecule has 0 fully saturated rings. The van der Waals surface area contributed by atoms with Crippen LogP contribution in [0.1, 0.15) is 28.3 Å². The summed E-state index contributed by atoms with van der Waals surface area (Å²) >= 11 is 0. The first kappa shape index (κ1) is 18.7. The van der Waals surface area contributed by atoms with E-state index in [1.54, 1.807) is 6.20 Å². The molecule has 0 unspecified atom stereocenters. The van der Waals surface area contributed by atoms with E-state index in [0.717, 1.165) is 11.3 Å². The fraction of sp³-hybridized carbons (Fsp3) is 0.167. The number of nitrogen functional groups attached to an aromatic ring is 1. The minimum Gasteiger partial charge on any atom is -0.449 e. The maximum absolute atomic E-state index is 12.1. The van der Waals surface area contributed by atoms with Crippen LogP contribution >= 0.6 is 0 Å². The van der Waals surface area contributed by atoms with E-state index >= 15 is 0 Å². The van der Waals surface area contributed by atoms with Crippen LogP contribution in [0, 0.1) is 6.92 Å². The molecule has 1 aliphatic carbocycles. The summed E-state index contributed by atoms with van der Waals surface area (Å²) < 4.78 is 5.51.